The lowest BCUT2D eigenvalue weighted by Crippen LogP contribution is -2.29. The highest BCUT2D eigenvalue weighted by atomic mass is 14.9. The fourth-order valence-corrected chi connectivity index (χ4v) is 9.16. The van der Waals surface area contributed by atoms with E-state index in [1.807, 2.05) is 6.07 Å². The second-order valence-corrected chi connectivity index (χ2v) is 14.5. The quantitative estimate of drug-likeness (QED) is 0.183. The Morgan fingerprint density at radius 2 is 0.673 bits per heavy atom. The van der Waals surface area contributed by atoms with Crippen LogP contribution >= 0.6 is 0 Å². The van der Waals surface area contributed by atoms with Gasteiger partial charge in [0.15, 0.2) is 5.82 Å². The van der Waals surface area contributed by atoms with E-state index in [9.17, 15) is 0 Å². The minimum Gasteiger partial charge on any atom is -0.228 e. The molecular formula is C53H34N2. The van der Waals surface area contributed by atoms with Crippen molar-refractivity contribution in [2.24, 2.45) is 0 Å². The molecule has 0 radical (unpaired) electrons. The summed E-state index contributed by atoms with van der Waals surface area (Å²) in [6.45, 7) is 0. The lowest BCUT2D eigenvalue weighted by Gasteiger charge is -2.35. The fourth-order valence-electron chi connectivity index (χ4n) is 9.16. The highest BCUT2D eigenvalue weighted by molar-refractivity contribution is 5.98. The van der Waals surface area contributed by atoms with Gasteiger partial charge in [0.25, 0.3) is 0 Å². The third-order valence-corrected chi connectivity index (χ3v) is 11.5. The highest BCUT2D eigenvalue weighted by Crippen LogP contribution is 2.61. The smallest absolute Gasteiger partial charge is 0.160 e. The molecule has 0 unspecified atom stereocenters. The van der Waals surface area contributed by atoms with E-state index < -0.39 is 5.41 Å². The average Bonchev–Trinajstić information content (AvgIpc) is 3.51. The van der Waals surface area contributed by atoms with E-state index in [1.54, 1.807) is 0 Å². The first kappa shape index (κ1) is 31.4. The second-order valence-electron chi connectivity index (χ2n) is 14.5. The van der Waals surface area contributed by atoms with Crippen LogP contribution in [-0.2, 0) is 5.41 Å². The van der Waals surface area contributed by atoms with Crippen molar-refractivity contribution in [2.75, 3.05) is 0 Å². The zero-order valence-corrected chi connectivity index (χ0v) is 30.0. The van der Waals surface area contributed by atoms with Crippen LogP contribution in [0.2, 0.25) is 0 Å². The average molecular weight is 699 g/mol. The minimum absolute atomic E-state index is 0.513. The van der Waals surface area contributed by atoms with E-state index in [1.165, 1.54) is 61.2 Å². The molecule has 0 fully saturated rings. The molecule has 55 heavy (non-hydrogen) atoms. The van der Waals surface area contributed by atoms with Crippen molar-refractivity contribution in [2.45, 2.75) is 5.41 Å². The molecule has 2 aliphatic carbocycles. The topological polar surface area (TPSA) is 25.8 Å². The number of benzene rings is 8. The van der Waals surface area contributed by atoms with Crippen LogP contribution in [0.4, 0.5) is 0 Å². The monoisotopic (exact) mass is 698 g/mol. The molecule has 256 valence electrons. The summed E-state index contributed by atoms with van der Waals surface area (Å²) in [5.74, 6) is 0.705. The van der Waals surface area contributed by atoms with Crippen molar-refractivity contribution in [3.8, 4) is 78.4 Å². The van der Waals surface area contributed by atoms with Gasteiger partial charge >= 0.3 is 0 Å². The molecule has 8 aromatic carbocycles. The van der Waals surface area contributed by atoms with E-state index in [4.69, 9.17) is 9.97 Å². The van der Waals surface area contributed by atoms with Crippen LogP contribution in [0, 0.1) is 0 Å². The maximum Gasteiger partial charge on any atom is 0.160 e. The normalized spacial score (nSPS) is 12.9. The highest BCUT2D eigenvalue weighted by Gasteiger charge is 2.49. The Balaban J connectivity index is 1.18. The van der Waals surface area contributed by atoms with Crippen LogP contribution in [0.15, 0.2) is 206 Å². The fraction of sp³-hybridized carbons (Fsp3) is 0.0189. The van der Waals surface area contributed by atoms with Crippen molar-refractivity contribution in [3.63, 3.8) is 0 Å². The number of rotatable bonds is 4. The zero-order valence-electron chi connectivity index (χ0n) is 30.0. The number of hydrogen-bond acceptors (Lipinski definition) is 2. The third-order valence-electron chi connectivity index (χ3n) is 11.5. The molecule has 1 heterocycles. The van der Waals surface area contributed by atoms with Gasteiger partial charge in [0.05, 0.1) is 16.8 Å². The van der Waals surface area contributed by atoms with Crippen LogP contribution in [-0.4, -0.2) is 9.97 Å². The predicted octanol–water partition coefficient (Wildman–Crippen LogP) is 13.2. The molecule has 0 amide bonds. The Bertz CT molecular complexity index is 2880. The molecule has 0 bridgehead atoms. The first-order valence-corrected chi connectivity index (χ1v) is 18.9. The summed E-state index contributed by atoms with van der Waals surface area (Å²) in [7, 11) is 0. The first-order chi connectivity index (χ1) is 27.3. The molecule has 0 atom stereocenters. The van der Waals surface area contributed by atoms with E-state index in [0.29, 0.717) is 5.82 Å². The van der Waals surface area contributed by atoms with Gasteiger partial charge in [-0.05, 0) is 85.0 Å². The van der Waals surface area contributed by atoms with Gasteiger partial charge < -0.3 is 0 Å². The Morgan fingerprint density at radius 3 is 1.27 bits per heavy atom. The summed E-state index contributed by atoms with van der Waals surface area (Å²) in [4.78, 5) is 10.5. The van der Waals surface area contributed by atoms with Crippen molar-refractivity contribution in [1.29, 1.82) is 0 Å². The predicted molar refractivity (Wildman–Crippen MR) is 226 cm³/mol. The van der Waals surface area contributed by atoms with Gasteiger partial charge in [0.1, 0.15) is 0 Å². The minimum atomic E-state index is -0.513. The lowest BCUT2D eigenvalue weighted by atomic mass is 9.66. The van der Waals surface area contributed by atoms with Crippen molar-refractivity contribution < 1.29 is 0 Å². The molecule has 1 aromatic heterocycles. The van der Waals surface area contributed by atoms with Gasteiger partial charge in [-0.25, -0.2) is 9.97 Å². The summed E-state index contributed by atoms with van der Waals surface area (Å²) in [5, 5.41) is 0. The molecule has 9 aromatic rings. The molecule has 2 heteroatoms. The Kier molecular flexibility index (Phi) is 7.11. The Morgan fingerprint density at radius 1 is 0.255 bits per heavy atom. The second kappa shape index (κ2) is 12.5. The number of nitrogens with zero attached hydrogens (tertiary/aromatic N) is 2. The maximum absolute atomic E-state index is 5.30. The zero-order chi connectivity index (χ0) is 36.3. The van der Waals surface area contributed by atoms with Gasteiger partial charge in [-0.1, -0.05) is 188 Å². The summed E-state index contributed by atoms with van der Waals surface area (Å²) >= 11 is 0. The van der Waals surface area contributed by atoms with Gasteiger partial charge in [0.2, 0.25) is 0 Å². The van der Waals surface area contributed by atoms with E-state index >= 15 is 0 Å². The summed E-state index contributed by atoms with van der Waals surface area (Å²) in [5.41, 5.74) is 19.4. The maximum atomic E-state index is 5.30. The summed E-state index contributed by atoms with van der Waals surface area (Å²) in [6.07, 6.45) is 0. The number of hydrogen-bond donors (Lipinski definition) is 0. The lowest BCUT2D eigenvalue weighted by molar-refractivity contribution is 0.775. The number of aromatic nitrogens is 2. The van der Waals surface area contributed by atoms with Crippen LogP contribution < -0.4 is 0 Å². The van der Waals surface area contributed by atoms with Crippen LogP contribution in [0.5, 0.6) is 0 Å². The number of fused-ring (bicyclic) bond motifs is 12. The molecule has 2 nitrogen and oxygen atoms in total. The van der Waals surface area contributed by atoms with Crippen LogP contribution in [0.1, 0.15) is 22.3 Å². The van der Waals surface area contributed by atoms with Crippen LogP contribution in [0.3, 0.4) is 0 Å². The first-order valence-electron chi connectivity index (χ1n) is 18.9. The van der Waals surface area contributed by atoms with Gasteiger partial charge in [-0.2, -0.15) is 0 Å². The molecule has 2 aliphatic rings. The molecule has 1 spiro atoms. The SMILES string of the molecule is c1ccc(-c2cccc(-c3cc(-c4ccc5c(c4)-c4ccccc4-c4ccccc4C54c5ccccc5-c5ccccc54)nc(-c4ccccc4)n3)c2)cc1. The Labute approximate surface area is 321 Å². The molecule has 0 N–H and O–H groups in total. The summed E-state index contributed by atoms with van der Waals surface area (Å²) in [6, 6.07) is 74.6. The van der Waals surface area contributed by atoms with Crippen molar-refractivity contribution in [1.82, 2.24) is 9.97 Å². The van der Waals surface area contributed by atoms with E-state index in [-0.39, 0.29) is 0 Å². The molecular weight excluding hydrogens is 665 g/mol. The molecule has 0 saturated carbocycles. The van der Waals surface area contributed by atoms with Crippen molar-refractivity contribution in [3.05, 3.63) is 229 Å². The Hall–Kier alpha value is -7.16. The van der Waals surface area contributed by atoms with E-state index in [2.05, 4.69) is 200 Å². The standard InChI is InChI=1S/C53H34N2/c1-3-16-35(17-4-1)37-20-15-21-38(32-37)50-34-51(55-52(54-50)36-18-5-2-6-19-36)39-30-31-49-45(33-39)41-23-8-7-22-40(41)42-24-9-12-27-46(42)53(49)47-28-13-10-25-43(47)44-26-11-14-29-48(44)53/h1-34H. The van der Waals surface area contributed by atoms with Crippen LogP contribution in [0.25, 0.3) is 78.4 Å². The van der Waals surface area contributed by atoms with E-state index in [0.717, 1.165) is 33.6 Å². The summed E-state index contributed by atoms with van der Waals surface area (Å²) < 4.78 is 0. The third kappa shape index (κ3) is 4.82. The van der Waals surface area contributed by atoms with Gasteiger partial charge in [0, 0.05) is 16.7 Å². The largest absolute Gasteiger partial charge is 0.228 e. The molecule has 11 rings (SSSR count). The van der Waals surface area contributed by atoms with Gasteiger partial charge in [-0.3, -0.25) is 0 Å². The van der Waals surface area contributed by atoms with Crippen molar-refractivity contribution >= 4 is 0 Å². The molecule has 0 saturated heterocycles. The molecule has 0 aliphatic heterocycles. The van der Waals surface area contributed by atoms with Gasteiger partial charge in [-0.15, -0.1) is 0 Å².